The van der Waals surface area contributed by atoms with Crippen molar-refractivity contribution in [1.29, 1.82) is 0 Å². The van der Waals surface area contributed by atoms with Crippen LogP contribution in [-0.2, 0) is 13.5 Å². The number of hydrogen-bond donors (Lipinski definition) is 0. The van der Waals surface area contributed by atoms with E-state index in [1.54, 1.807) is 0 Å². The average molecular weight is 398 g/mol. The van der Waals surface area contributed by atoms with Gasteiger partial charge in [-0.15, -0.1) is 0 Å². The molecule has 2 aromatic carbocycles. The minimum atomic E-state index is 0.871. The van der Waals surface area contributed by atoms with E-state index in [9.17, 15) is 0 Å². The summed E-state index contributed by atoms with van der Waals surface area (Å²) >= 11 is 1.93. The molecule has 4 aromatic rings. The highest BCUT2D eigenvalue weighted by Gasteiger charge is 2.30. The van der Waals surface area contributed by atoms with E-state index >= 15 is 0 Å². The van der Waals surface area contributed by atoms with Gasteiger partial charge in [0.1, 0.15) is 7.05 Å². The van der Waals surface area contributed by atoms with Crippen molar-refractivity contribution in [2.45, 2.75) is 48.8 Å². The van der Waals surface area contributed by atoms with Gasteiger partial charge in [-0.25, -0.2) is 4.57 Å². The number of hydrogen-bond acceptors (Lipinski definition) is 2. The van der Waals surface area contributed by atoms with E-state index in [2.05, 4.69) is 60.1 Å². The van der Waals surface area contributed by atoms with Crippen LogP contribution >= 0.6 is 11.8 Å². The van der Waals surface area contributed by atoms with Crippen molar-refractivity contribution in [1.82, 2.24) is 4.98 Å². The number of fused-ring (bicyclic) bond motifs is 3. The molecule has 2 aromatic heterocycles. The van der Waals surface area contributed by atoms with Crippen molar-refractivity contribution >= 4 is 33.4 Å². The molecule has 0 spiro atoms. The maximum atomic E-state index is 4.64. The average Bonchev–Trinajstić information content (AvgIpc) is 3.23. The Balaban J connectivity index is 1.61. The highest BCUT2D eigenvalue weighted by molar-refractivity contribution is 7.99. The number of aromatic nitrogens is 2. The molecular weight excluding hydrogens is 372 g/mol. The quantitative estimate of drug-likeness (QED) is 0.321. The first-order chi connectivity index (χ1) is 14.2. The maximum Gasteiger partial charge on any atom is 0.222 e. The van der Waals surface area contributed by atoms with Crippen LogP contribution in [0, 0.1) is 12.8 Å². The Morgan fingerprint density at radius 3 is 2.83 bits per heavy atom. The highest BCUT2D eigenvalue weighted by Crippen LogP contribution is 2.49. The van der Waals surface area contributed by atoms with E-state index in [4.69, 9.17) is 0 Å². The van der Waals surface area contributed by atoms with Crippen molar-refractivity contribution in [2.75, 3.05) is 0 Å². The van der Waals surface area contributed by atoms with E-state index in [1.165, 1.54) is 80.4 Å². The van der Waals surface area contributed by atoms with E-state index in [0.717, 1.165) is 11.4 Å². The Morgan fingerprint density at radius 1 is 1.10 bits per heavy atom. The number of rotatable bonds is 2. The molecule has 1 fully saturated rings. The molecule has 0 unspecified atom stereocenters. The molecule has 144 valence electrons. The lowest BCUT2D eigenvalue weighted by molar-refractivity contribution is -0.659. The molecule has 6 rings (SSSR count). The molecule has 0 bridgehead atoms. The zero-order chi connectivity index (χ0) is 19.5. The van der Waals surface area contributed by atoms with Crippen molar-refractivity contribution in [3.8, 4) is 11.3 Å². The standard InChI is InChI=1S/C26H25N2S/c1-16-20-8-5-10-27-21(20)15-23-24(16)26-25-19(9-11-28(26)2)13-18(14-22(25)29-23)12-17-6-3-4-7-17/h5,8-11,13-15,17H,3-4,6-7,12H2,1-2H3/q+1. The van der Waals surface area contributed by atoms with Crippen molar-refractivity contribution in [3.05, 3.63) is 59.9 Å². The number of aryl methyl sites for hydroxylation is 2. The van der Waals surface area contributed by atoms with E-state index in [1.807, 2.05) is 24.0 Å². The Hall–Kier alpha value is -2.39. The second-order valence-corrected chi connectivity index (χ2v) is 9.82. The molecule has 0 N–H and O–H groups in total. The van der Waals surface area contributed by atoms with E-state index in [-0.39, 0.29) is 0 Å². The molecule has 29 heavy (non-hydrogen) atoms. The van der Waals surface area contributed by atoms with Crippen LogP contribution in [0.2, 0.25) is 0 Å². The first-order valence-corrected chi connectivity index (χ1v) is 11.5. The van der Waals surface area contributed by atoms with Crippen LogP contribution in [0.5, 0.6) is 0 Å². The minimum absolute atomic E-state index is 0.871. The summed E-state index contributed by atoms with van der Waals surface area (Å²) in [6, 6.07) is 13.7. The predicted octanol–water partition coefficient (Wildman–Crippen LogP) is 6.39. The summed E-state index contributed by atoms with van der Waals surface area (Å²) < 4.78 is 2.30. The van der Waals surface area contributed by atoms with E-state index in [0.29, 0.717) is 0 Å². The smallest absolute Gasteiger partial charge is 0.222 e. The van der Waals surface area contributed by atoms with Gasteiger partial charge >= 0.3 is 0 Å². The first-order valence-electron chi connectivity index (χ1n) is 10.7. The molecule has 2 nitrogen and oxygen atoms in total. The van der Waals surface area contributed by atoms with Crippen LogP contribution in [0.4, 0.5) is 0 Å². The maximum absolute atomic E-state index is 4.64. The van der Waals surface area contributed by atoms with Gasteiger partial charge < -0.3 is 0 Å². The Labute approximate surface area is 176 Å². The summed E-state index contributed by atoms with van der Waals surface area (Å²) in [4.78, 5) is 7.39. The first kappa shape index (κ1) is 17.5. The molecule has 0 atom stereocenters. The molecule has 2 aliphatic rings. The van der Waals surface area contributed by atoms with Gasteiger partial charge in [0, 0.05) is 27.4 Å². The lowest BCUT2D eigenvalue weighted by Gasteiger charge is -2.22. The number of nitrogens with zero attached hydrogens (tertiary/aromatic N) is 2. The number of pyridine rings is 2. The summed E-state index contributed by atoms with van der Waals surface area (Å²) in [7, 11) is 2.18. The molecule has 1 aliphatic carbocycles. The van der Waals surface area contributed by atoms with Crippen molar-refractivity contribution in [2.24, 2.45) is 13.0 Å². The fraction of sp³-hybridized carbons (Fsp3) is 0.308. The molecular formula is C26H25N2S+. The van der Waals surface area contributed by atoms with Crippen LogP contribution in [0.3, 0.4) is 0 Å². The fourth-order valence-electron chi connectivity index (χ4n) is 5.43. The summed E-state index contributed by atoms with van der Waals surface area (Å²) in [6.45, 7) is 2.25. The molecule has 1 aliphatic heterocycles. The molecule has 0 amide bonds. The lowest BCUT2D eigenvalue weighted by atomic mass is 9.93. The van der Waals surface area contributed by atoms with Crippen molar-refractivity contribution in [3.63, 3.8) is 0 Å². The molecule has 0 radical (unpaired) electrons. The van der Waals surface area contributed by atoms with Crippen LogP contribution in [-0.4, -0.2) is 4.98 Å². The Morgan fingerprint density at radius 2 is 1.97 bits per heavy atom. The zero-order valence-corrected chi connectivity index (χ0v) is 17.9. The summed E-state index contributed by atoms with van der Waals surface area (Å²) in [5.41, 5.74) is 6.66. The summed E-state index contributed by atoms with van der Waals surface area (Å²) in [6.07, 6.45) is 11.0. The van der Waals surface area contributed by atoms with Gasteiger partial charge in [0.15, 0.2) is 6.20 Å². The summed E-state index contributed by atoms with van der Waals surface area (Å²) in [5, 5.41) is 4.05. The van der Waals surface area contributed by atoms with Crippen LogP contribution in [0.15, 0.2) is 58.6 Å². The third kappa shape index (κ3) is 2.71. The van der Waals surface area contributed by atoms with Gasteiger partial charge in [-0.1, -0.05) is 49.6 Å². The molecule has 0 saturated heterocycles. The van der Waals surface area contributed by atoms with Crippen LogP contribution in [0.25, 0.3) is 32.9 Å². The Kier molecular flexibility index (Phi) is 3.95. The topological polar surface area (TPSA) is 16.8 Å². The largest absolute Gasteiger partial charge is 0.256 e. The summed E-state index contributed by atoms with van der Waals surface area (Å²) in [5.74, 6) is 0.871. The van der Waals surface area contributed by atoms with Crippen LogP contribution in [0.1, 0.15) is 36.8 Å². The second-order valence-electron chi connectivity index (χ2n) is 8.73. The highest BCUT2D eigenvalue weighted by atomic mass is 32.2. The molecule has 3 heteroatoms. The van der Waals surface area contributed by atoms with Crippen molar-refractivity contribution < 1.29 is 4.57 Å². The second kappa shape index (κ2) is 6.56. The van der Waals surface area contributed by atoms with Gasteiger partial charge in [0.05, 0.1) is 16.5 Å². The predicted molar refractivity (Wildman–Crippen MR) is 120 cm³/mol. The fourth-order valence-corrected chi connectivity index (χ4v) is 6.72. The van der Waals surface area contributed by atoms with E-state index < -0.39 is 0 Å². The number of benzene rings is 2. The Bertz CT molecular complexity index is 1290. The van der Waals surface area contributed by atoms with Gasteiger partial charge in [-0.05, 0) is 54.0 Å². The monoisotopic (exact) mass is 397 g/mol. The van der Waals surface area contributed by atoms with Crippen LogP contribution < -0.4 is 4.57 Å². The SMILES string of the molecule is Cc1c2c(cc3ncccc13)Sc1cc(CC3CCCC3)cc3cc[n+](C)c-2c13. The third-order valence-corrected chi connectivity index (χ3v) is 7.93. The van der Waals surface area contributed by atoms with Gasteiger partial charge in [-0.2, -0.15) is 0 Å². The zero-order valence-electron chi connectivity index (χ0n) is 17.0. The normalized spacial score (nSPS) is 15.9. The molecule has 1 saturated carbocycles. The minimum Gasteiger partial charge on any atom is -0.256 e. The van der Waals surface area contributed by atoms with Gasteiger partial charge in [-0.3, -0.25) is 4.98 Å². The third-order valence-electron chi connectivity index (χ3n) is 6.85. The van der Waals surface area contributed by atoms with Gasteiger partial charge in [0.2, 0.25) is 5.69 Å². The van der Waals surface area contributed by atoms with Gasteiger partial charge in [0.25, 0.3) is 0 Å². The lowest BCUT2D eigenvalue weighted by Crippen LogP contribution is -2.31. The molecule has 3 heterocycles.